The maximum Gasteiger partial charge on any atom is 0.305 e. The van der Waals surface area contributed by atoms with E-state index in [4.69, 9.17) is 11.6 Å². The van der Waals surface area contributed by atoms with Gasteiger partial charge < -0.3 is 0 Å². The molecule has 0 aliphatic heterocycles. The van der Waals surface area contributed by atoms with Gasteiger partial charge in [-0.1, -0.05) is 30.3 Å². The van der Waals surface area contributed by atoms with E-state index in [1.807, 2.05) is 0 Å². The smallest absolute Gasteiger partial charge is 0.269 e. The van der Waals surface area contributed by atoms with Gasteiger partial charge >= 0.3 is 5.69 Å². The van der Waals surface area contributed by atoms with Crippen LogP contribution in [0.3, 0.4) is 0 Å². The summed E-state index contributed by atoms with van der Waals surface area (Å²) in [5.74, 6) is 0. The van der Waals surface area contributed by atoms with Crippen molar-refractivity contribution < 1.29 is 23.7 Å². The Morgan fingerprint density at radius 2 is 1.62 bits per heavy atom. The third kappa shape index (κ3) is 6.59. The van der Waals surface area contributed by atoms with Crippen molar-refractivity contribution in [2.45, 2.75) is 4.90 Å². The zero-order valence-electron chi connectivity index (χ0n) is 7.32. The van der Waals surface area contributed by atoms with E-state index in [9.17, 15) is 10.1 Å². The number of nitro benzene ring substituents is 1. The van der Waals surface area contributed by atoms with Crippen molar-refractivity contribution in [3.8, 4) is 0 Å². The van der Waals surface area contributed by atoms with Crippen LogP contribution in [-0.2, 0) is 0 Å². The molecule has 0 aromatic heterocycles. The fraction of sp³-hybridized carbons (Fsp3) is 0. The number of halogens is 6. The average Bonchev–Trinajstić information content (AvgIpc) is 1.85. The van der Waals surface area contributed by atoms with Gasteiger partial charge in [0.2, 0.25) is 0 Å². The molecule has 0 fully saturated rings. The molecule has 3 nitrogen and oxygen atoms in total. The first-order valence-electron chi connectivity index (χ1n) is 2.73. The second-order valence-corrected chi connectivity index (χ2v) is 2.69. The lowest BCUT2D eigenvalue weighted by Gasteiger charge is -1.95. The Morgan fingerprint density at radius 1 is 1.19 bits per heavy atom. The number of rotatable bonds is 1. The second-order valence-electron chi connectivity index (χ2n) is 1.84. The first-order chi connectivity index (χ1) is 5.13. The molecule has 0 atom stereocenters. The number of hydrogen-bond acceptors (Lipinski definition) is 2. The highest BCUT2D eigenvalue weighted by atomic mass is 35.5. The normalized spacial score (nSPS) is 6.56. The highest BCUT2D eigenvalue weighted by Gasteiger charge is 2.15. The lowest BCUT2D eigenvalue weighted by molar-refractivity contribution is -0.387. The van der Waals surface area contributed by atoms with Crippen molar-refractivity contribution in [1.82, 2.24) is 0 Å². The fourth-order valence-electron chi connectivity index (χ4n) is 0.673. The van der Waals surface area contributed by atoms with Gasteiger partial charge in [-0.05, 0) is 12.1 Å². The van der Waals surface area contributed by atoms with Crippen molar-refractivity contribution in [2.75, 3.05) is 0 Å². The van der Waals surface area contributed by atoms with Crippen LogP contribution < -0.4 is 0 Å². The predicted octanol–water partition coefficient (Wildman–Crippen LogP) is 3.84. The van der Waals surface area contributed by atoms with E-state index in [0.29, 0.717) is 0 Å². The first kappa shape index (κ1) is 29.4. The molecule has 1 rings (SSSR count). The highest BCUT2D eigenvalue weighted by molar-refractivity contribution is 7.80. The van der Waals surface area contributed by atoms with Crippen LogP contribution in [-0.4, -0.2) is 4.92 Å². The molecule has 16 heavy (non-hydrogen) atoms. The molecular formula is C6H8Cl2F4NO2S. The molecule has 0 spiro atoms. The van der Waals surface area contributed by atoms with Gasteiger partial charge in [0.25, 0.3) is 0 Å². The van der Waals surface area contributed by atoms with Gasteiger partial charge in [0.15, 0.2) is 0 Å². The minimum atomic E-state index is -0.579. The highest BCUT2D eigenvalue weighted by Crippen LogP contribution is 2.30. The van der Waals surface area contributed by atoms with E-state index in [0.717, 1.165) is 0 Å². The molecule has 0 aliphatic carbocycles. The van der Waals surface area contributed by atoms with Crippen molar-refractivity contribution in [1.29, 1.82) is 0 Å². The Bertz CT molecular complexity index is 298. The standard InChI is InChI=1S/C6H3ClNO2S.ClH.4FH/c7-4-2-1-3-5(11)6(4)8(9)10;;;;;/h1-3H;5*1H. The molecule has 0 unspecified atom stereocenters. The van der Waals surface area contributed by atoms with Crippen molar-refractivity contribution in [3.05, 3.63) is 33.3 Å². The van der Waals surface area contributed by atoms with Crippen LogP contribution >= 0.6 is 36.6 Å². The number of nitrogens with zero attached hydrogens (tertiary/aromatic N) is 1. The zero-order valence-corrected chi connectivity index (χ0v) is 9.71. The lowest BCUT2D eigenvalue weighted by atomic mass is 10.3. The Balaban J connectivity index is -0.0000000807. The molecule has 1 radical (unpaired) electrons. The van der Waals surface area contributed by atoms with Crippen molar-refractivity contribution in [3.63, 3.8) is 0 Å². The fourth-order valence-corrected chi connectivity index (χ4v) is 1.24. The van der Waals surface area contributed by atoms with E-state index >= 15 is 0 Å². The zero-order chi connectivity index (χ0) is 8.43. The van der Waals surface area contributed by atoms with Gasteiger partial charge in [-0.2, -0.15) is 0 Å². The molecule has 0 saturated carbocycles. The monoisotopic (exact) mass is 304 g/mol. The topological polar surface area (TPSA) is 43.1 Å². The summed E-state index contributed by atoms with van der Waals surface area (Å²) in [4.78, 5) is 9.89. The molecule has 0 aliphatic rings. The van der Waals surface area contributed by atoms with Gasteiger partial charge in [-0.15, -0.1) is 12.4 Å². The van der Waals surface area contributed by atoms with Crippen LogP contribution in [0, 0.1) is 10.1 Å². The van der Waals surface area contributed by atoms with Gasteiger partial charge in [0.1, 0.15) is 9.92 Å². The molecule has 97 valence electrons. The quantitative estimate of drug-likeness (QED) is 0.449. The lowest BCUT2D eigenvalue weighted by Crippen LogP contribution is -1.89. The largest absolute Gasteiger partial charge is 0.305 e. The number of nitro groups is 1. The summed E-state index contributed by atoms with van der Waals surface area (Å²) in [6.45, 7) is 0. The van der Waals surface area contributed by atoms with Gasteiger partial charge in [-0.3, -0.25) is 28.9 Å². The van der Waals surface area contributed by atoms with E-state index in [-0.39, 0.29) is 46.8 Å². The number of para-hydroxylation sites is 1. The third-order valence-electron chi connectivity index (χ3n) is 1.13. The SMILES string of the molecule is Cl.F.F.F.F.O=[N+]([O-])c1c([S])cccc1Cl. The number of benzene rings is 1. The molecule has 10 heteroatoms. The maximum absolute atomic E-state index is 10.3. The minimum Gasteiger partial charge on any atom is -0.269 e. The van der Waals surface area contributed by atoms with Crippen LogP contribution in [0.5, 0.6) is 0 Å². The average molecular weight is 305 g/mol. The summed E-state index contributed by atoms with van der Waals surface area (Å²) < 4.78 is 0. The van der Waals surface area contributed by atoms with E-state index < -0.39 is 4.92 Å². The summed E-state index contributed by atoms with van der Waals surface area (Å²) >= 11 is 10.2. The Hall–Kier alpha value is -0.860. The molecule has 0 heterocycles. The molecule has 0 saturated heterocycles. The second kappa shape index (κ2) is 12.2. The van der Waals surface area contributed by atoms with Gasteiger partial charge in [0.05, 0.1) is 4.92 Å². The van der Waals surface area contributed by atoms with Crippen molar-refractivity contribution >= 4 is 42.3 Å². The van der Waals surface area contributed by atoms with Crippen LogP contribution in [0.4, 0.5) is 24.5 Å². The summed E-state index contributed by atoms with van der Waals surface area (Å²) in [6, 6.07) is 4.49. The third-order valence-corrected chi connectivity index (χ3v) is 1.77. The predicted molar refractivity (Wildman–Crippen MR) is 61.2 cm³/mol. The first-order valence-corrected chi connectivity index (χ1v) is 3.51. The van der Waals surface area contributed by atoms with Gasteiger partial charge in [0, 0.05) is 0 Å². The summed E-state index contributed by atoms with van der Waals surface area (Å²) in [7, 11) is 0. The Morgan fingerprint density at radius 3 is 1.88 bits per heavy atom. The maximum atomic E-state index is 10.3. The Kier molecular flexibility index (Phi) is 22.5. The van der Waals surface area contributed by atoms with E-state index in [1.165, 1.54) is 12.1 Å². The van der Waals surface area contributed by atoms with Crippen LogP contribution in [0.2, 0.25) is 5.02 Å². The van der Waals surface area contributed by atoms with Crippen molar-refractivity contribution in [2.24, 2.45) is 0 Å². The molecule has 0 amide bonds. The molecular weight excluding hydrogens is 297 g/mol. The molecule has 1 aromatic carbocycles. The van der Waals surface area contributed by atoms with Crippen LogP contribution in [0.1, 0.15) is 0 Å². The van der Waals surface area contributed by atoms with E-state index in [2.05, 4.69) is 12.6 Å². The summed E-state index contributed by atoms with van der Waals surface area (Å²) in [5.41, 5.74) is -0.191. The van der Waals surface area contributed by atoms with E-state index in [1.54, 1.807) is 6.07 Å². The molecule has 0 N–H and O–H groups in total. The molecule has 1 aromatic rings. The van der Waals surface area contributed by atoms with Gasteiger partial charge in [-0.25, -0.2) is 0 Å². The number of hydrogen-bond donors (Lipinski definition) is 0. The Labute approximate surface area is 105 Å². The van der Waals surface area contributed by atoms with Crippen LogP contribution in [0.15, 0.2) is 23.1 Å². The minimum absolute atomic E-state index is 0. The summed E-state index contributed by atoms with van der Waals surface area (Å²) in [6.07, 6.45) is 0. The van der Waals surface area contributed by atoms with Crippen LogP contribution in [0.25, 0.3) is 0 Å². The summed E-state index contributed by atoms with van der Waals surface area (Å²) in [5, 5.41) is 10.4. The molecule has 0 bridgehead atoms.